The van der Waals surface area contributed by atoms with Crippen LogP contribution in [-0.2, 0) is 15.8 Å². The normalized spacial score (nSPS) is 14.7. The summed E-state index contributed by atoms with van der Waals surface area (Å²) in [5.41, 5.74) is 0.329. The van der Waals surface area contributed by atoms with E-state index in [4.69, 9.17) is 5.11 Å². The minimum absolute atomic E-state index is 0.133. The van der Waals surface area contributed by atoms with Crippen molar-refractivity contribution in [1.82, 2.24) is 14.5 Å². The number of aromatic nitrogens is 2. The van der Waals surface area contributed by atoms with Crippen LogP contribution in [0.3, 0.4) is 0 Å². The van der Waals surface area contributed by atoms with Gasteiger partial charge < -0.3 is 19.9 Å². The van der Waals surface area contributed by atoms with Gasteiger partial charge in [0.1, 0.15) is 6.61 Å². The molecule has 1 aliphatic rings. The van der Waals surface area contributed by atoms with Crippen LogP contribution in [0.1, 0.15) is 34.8 Å². The highest BCUT2D eigenvalue weighted by Crippen LogP contribution is 2.33. The number of rotatable bonds is 6. The maximum absolute atomic E-state index is 13.1. The van der Waals surface area contributed by atoms with Crippen LogP contribution < -0.4 is 10.6 Å². The molecule has 1 aromatic heterocycles. The van der Waals surface area contributed by atoms with Gasteiger partial charge in [0.15, 0.2) is 0 Å². The number of aliphatic hydroxyl groups is 1. The first-order valence-electron chi connectivity index (χ1n) is 10.8. The molecule has 0 unspecified atom stereocenters. The monoisotopic (exact) mass is 489 g/mol. The molecule has 3 amide bonds. The Kier molecular flexibility index (Phi) is 6.74. The summed E-state index contributed by atoms with van der Waals surface area (Å²) in [6.07, 6.45) is -2.65. The van der Waals surface area contributed by atoms with Crippen LogP contribution in [0.4, 0.5) is 24.8 Å². The van der Waals surface area contributed by atoms with Gasteiger partial charge >= 0.3 is 6.18 Å². The molecule has 1 aliphatic heterocycles. The zero-order valence-corrected chi connectivity index (χ0v) is 18.4. The van der Waals surface area contributed by atoms with Crippen molar-refractivity contribution in [2.75, 3.05) is 30.3 Å². The average molecular weight is 489 g/mol. The number of nitrogens with one attached hydrogen (secondary N) is 2. The molecule has 2 heterocycles. The van der Waals surface area contributed by atoms with Gasteiger partial charge in [-0.3, -0.25) is 19.7 Å². The molecule has 0 radical (unpaired) electrons. The molecular weight excluding hydrogens is 467 g/mol. The fraction of sp³-hybridized carbons (Fsp3) is 0.304. The predicted molar refractivity (Wildman–Crippen MR) is 121 cm³/mol. The summed E-state index contributed by atoms with van der Waals surface area (Å²) in [5, 5.41) is 14.1. The molecule has 0 spiro atoms. The van der Waals surface area contributed by atoms with E-state index in [2.05, 4.69) is 15.6 Å². The fourth-order valence-electron chi connectivity index (χ4n) is 4.09. The molecule has 2 aromatic carbocycles. The highest BCUT2D eigenvalue weighted by atomic mass is 19.4. The Labute approximate surface area is 197 Å². The van der Waals surface area contributed by atoms with E-state index in [0.29, 0.717) is 42.7 Å². The molecule has 184 valence electrons. The first-order valence-corrected chi connectivity index (χ1v) is 10.8. The summed E-state index contributed by atoms with van der Waals surface area (Å²) >= 11 is 0. The molecule has 1 saturated heterocycles. The lowest BCUT2D eigenvalue weighted by Crippen LogP contribution is -2.34. The number of carbonyl (C=O) groups excluding carboxylic acids is 3. The minimum atomic E-state index is -4.59. The van der Waals surface area contributed by atoms with Gasteiger partial charge in [-0.05, 0) is 49.2 Å². The topological polar surface area (TPSA) is 117 Å². The zero-order valence-electron chi connectivity index (χ0n) is 18.4. The third kappa shape index (κ3) is 5.27. The van der Waals surface area contributed by atoms with Crippen molar-refractivity contribution in [2.24, 2.45) is 0 Å². The molecule has 0 bridgehead atoms. The van der Waals surface area contributed by atoms with Crippen LogP contribution in [0.15, 0.2) is 42.5 Å². The largest absolute Gasteiger partial charge is 0.416 e. The number of alkyl halides is 3. The van der Waals surface area contributed by atoms with E-state index in [0.717, 1.165) is 24.6 Å². The average Bonchev–Trinajstić information content (AvgIpc) is 3.20. The smallest absolute Gasteiger partial charge is 0.387 e. The van der Waals surface area contributed by atoms with Crippen molar-refractivity contribution < 1.29 is 32.7 Å². The second kappa shape index (κ2) is 9.74. The number of carbonyl (C=O) groups is 3. The van der Waals surface area contributed by atoms with E-state index >= 15 is 0 Å². The van der Waals surface area contributed by atoms with Gasteiger partial charge in [0.05, 0.1) is 16.6 Å². The molecule has 3 N–H and O–H groups in total. The number of hydrogen-bond donors (Lipinski definition) is 3. The second-order valence-corrected chi connectivity index (χ2v) is 8.12. The summed E-state index contributed by atoms with van der Waals surface area (Å²) in [4.78, 5) is 41.6. The summed E-state index contributed by atoms with van der Waals surface area (Å²) in [6, 6.07) is 8.84. The summed E-state index contributed by atoms with van der Waals surface area (Å²) in [7, 11) is 0. The van der Waals surface area contributed by atoms with Gasteiger partial charge in [-0.2, -0.15) is 13.2 Å². The molecule has 9 nitrogen and oxygen atoms in total. The molecule has 0 saturated carbocycles. The van der Waals surface area contributed by atoms with Gasteiger partial charge in [-0.1, -0.05) is 6.07 Å². The number of imidazole rings is 1. The lowest BCUT2D eigenvalue weighted by molar-refractivity contribution is -0.137. The van der Waals surface area contributed by atoms with Crippen molar-refractivity contribution >= 4 is 40.9 Å². The van der Waals surface area contributed by atoms with E-state index in [9.17, 15) is 27.6 Å². The van der Waals surface area contributed by atoms with Gasteiger partial charge in [-0.15, -0.1) is 0 Å². The molecule has 12 heteroatoms. The molecule has 35 heavy (non-hydrogen) atoms. The van der Waals surface area contributed by atoms with Gasteiger partial charge in [0, 0.05) is 30.4 Å². The Morgan fingerprint density at radius 2 is 1.86 bits per heavy atom. The Morgan fingerprint density at radius 1 is 1.11 bits per heavy atom. The van der Waals surface area contributed by atoms with E-state index in [-0.39, 0.29) is 17.6 Å². The number of fused-ring (bicyclic) bond motifs is 1. The summed E-state index contributed by atoms with van der Waals surface area (Å²) in [5.74, 6) is -1.23. The number of piperidine rings is 1. The van der Waals surface area contributed by atoms with E-state index in [1.54, 1.807) is 27.7 Å². The maximum atomic E-state index is 13.1. The van der Waals surface area contributed by atoms with Gasteiger partial charge in [0.2, 0.25) is 18.3 Å². The Balaban J connectivity index is 1.70. The lowest BCUT2D eigenvalue weighted by atomic mass is 10.0. The van der Waals surface area contributed by atoms with Crippen LogP contribution in [0.25, 0.3) is 11.0 Å². The third-order valence-electron chi connectivity index (χ3n) is 5.81. The standard InChI is InChI=1S/C23H22F3N5O4/c24-23(25,26)15-3-1-2-14(10-15)21(35)29-22-28-18-11-16(27-20(34)12-32)4-5-19(18)31(22)17-6-8-30(13-33)9-7-17/h1-5,10-11,13,17,32H,6-9,12H2,(H,27,34)(H,28,29,35). The molecular formula is C23H22F3N5O4. The Bertz CT molecular complexity index is 1270. The molecule has 4 rings (SSSR count). The van der Waals surface area contributed by atoms with Crippen molar-refractivity contribution in [3.63, 3.8) is 0 Å². The van der Waals surface area contributed by atoms with Gasteiger partial charge in [0.25, 0.3) is 5.91 Å². The van der Waals surface area contributed by atoms with Crippen LogP contribution in [0.2, 0.25) is 0 Å². The molecule has 0 aliphatic carbocycles. The van der Waals surface area contributed by atoms with E-state index < -0.39 is 30.2 Å². The number of halogens is 3. The second-order valence-electron chi connectivity index (χ2n) is 8.12. The first-order chi connectivity index (χ1) is 16.7. The number of benzene rings is 2. The van der Waals surface area contributed by atoms with Crippen LogP contribution in [0, 0.1) is 0 Å². The number of anilines is 2. The van der Waals surface area contributed by atoms with Crippen molar-refractivity contribution in [2.45, 2.75) is 25.1 Å². The Morgan fingerprint density at radius 3 is 2.51 bits per heavy atom. The highest BCUT2D eigenvalue weighted by molar-refractivity contribution is 6.04. The van der Waals surface area contributed by atoms with Gasteiger partial charge in [-0.25, -0.2) is 4.98 Å². The van der Waals surface area contributed by atoms with E-state index in [1.165, 1.54) is 6.07 Å². The maximum Gasteiger partial charge on any atom is 0.416 e. The quantitative estimate of drug-likeness (QED) is 0.461. The fourth-order valence-corrected chi connectivity index (χ4v) is 4.09. The lowest BCUT2D eigenvalue weighted by Gasteiger charge is -2.31. The summed E-state index contributed by atoms with van der Waals surface area (Å²) in [6.45, 7) is 0.305. The van der Waals surface area contributed by atoms with Crippen LogP contribution in [-0.4, -0.2) is 57.5 Å². The van der Waals surface area contributed by atoms with Crippen molar-refractivity contribution in [1.29, 1.82) is 0 Å². The van der Waals surface area contributed by atoms with E-state index in [1.807, 2.05) is 0 Å². The van der Waals surface area contributed by atoms with Crippen molar-refractivity contribution in [3.8, 4) is 0 Å². The third-order valence-corrected chi connectivity index (χ3v) is 5.81. The zero-order chi connectivity index (χ0) is 25.2. The number of amides is 3. The predicted octanol–water partition coefficient (Wildman–Crippen LogP) is 3.03. The first kappa shape index (κ1) is 24.2. The molecule has 1 fully saturated rings. The SMILES string of the molecule is O=CN1CCC(n2c(NC(=O)c3cccc(C(F)(F)F)c3)nc3cc(NC(=O)CO)ccc32)CC1. The number of nitrogens with zero attached hydrogens (tertiary/aromatic N) is 3. The van der Waals surface area contributed by atoms with Crippen molar-refractivity contribution in [3.05, 3.63) is 53.6 Å². The summed E-state index contributed by atoms with van der Waals surface area (Å²) < 4.78 is 41.1. The number of hydrogen-bond acceptors (Lipinski definition) is 5. The molecule has 0 atom stereocenters. The minimum Gasteiger partial charge on any atom is -0.387 e. The number of aliphatic hydroxyl groups excluding tert-OH is 1. The molecule has 3 aromatic rings. The van der Waals surface area contributed by atoms with Crippen LogP contribution >= 0.6 is 0 Å². The Hall–Kier alpha value is -3.93. The van der Waals surface area contributed by atoms with Crippen LogP contribution in [0.5, 0.6) is 0 Å². The highest BCUT2D eigenvalue weighted by Gasteiger charge is 2.31. The number of likely N-dealkylation sites (tertiary alicyclic amines) is 1.